The summed E-state index contributed by atoms with van der Waals surface area (Å²) in [5, 5.41) is 20.4. The van der Waals surface area contributed by atoms with Crippen molar-refractivity contribution in [2.75, 3.05) is 5.32 Å². The first-order chi connectivity index (χ1) is 20.1. The van der Waals surface area contributed by atoms with Crippen molar-refractivity contribution in [3.63, 3.8) is 0 Å². The molecular formula is C31H44N4O8. The van der Waals surface area contributed by atoms with Crippen molar-refractivity contribution in [2.45, 2.75) is 92.3 Å². The minimum Gasteiger partial charge on any atom is -0.481 e. The Balaban J connectivity index is 2.20. The van der Waals surface area contributed by atoms with Crippen LogP contribution in [0.5, 0.6) is 0 Å². The molecule has 2 rings (SSSR count). The highest BCUT2D eigenvalue weighted by Crippen LogP contribution is 2.21. The Hall–Kier alpha value is -4.22. The number of carbonyl (C=O) groups excluding carboxylic acids is 4. The van der Waals surface area contributed by atoms with E-state index in [9.17, 15) is 28.8 Å². The van der Waals surface area contributed by atoms with E-state index in [1.54, 1.807) is 39.0 Å². The van der Waals surface area contributed by atoms with Crippen molar-refractivity contribution >= 4 is 46.3 Å². The summed E-state index contributed by atoms with van der Waals surface area (Å²) in [6.45, 7) is 12.8. The molecule has 3 atom stereocenters. The van der Waals surface area contributed by atoms with Gasteiger partial charge in [-0.05, 0) is 55.2 Å². The maximum absolute atomic E-state index is 13.5. The van der Waals surface area contributed by atoms with Crippen LogP contribution in [0.3, 0.4) is 0 Å². The smallest absolute Gasteiger partial charge is 0.336 e. The van der Waals surface area contributed by atoms with Gasteiger partial charge < -0.3 is 30.8 Å². The fraction of sp³-hybridized carbons (Fsp3) is 0.548. The maximum atomic E-state index is 13.5. The van der Waals surface area contributed by atoms with Gasteiger partial charge in [0.15, 0.2) is 0 Å². The van der Waals surface area contributed by atoms with Crippen LogP contribution in [-0.4, -0.2) is 52.8 Å². The molecule has 0 fully saturated rings. The number of aliphatic carboxylic acids is 1. The van der Waals surface area contributed by atoms with Gasteiger partial charge in [-0.3, -0.25) is 24.0 Å². The Kier molecular flexibility index (Phi) is 12.9. The number of aryl methyl sites for hydroxylation is 1. The highest BCUT2D eigenvalue weighted by atomic mass is 16.4. The summed E-state index contributed by atoms with van der Waals surface area (Å²) in [5.74, 6) is -3.61. The maximum Gasteiger partial charge on any atom is 0.336 e. The lowest BCUT2D eigenvalue weighted by Gasteiger charge is -2.28. The van der Waals surface area contributed by atoms with Crippen molar-refractivity contribution in [2.24, 2.45) is 17.8 Å². The molecule has 2 aromatic rings. The Labute approximate surface area is 251 Å². The lowest BCUT2D eigenvalue weighted by atomic mass is 9.98. The van der Waals surface area contributed by atoms with Gasteiger partial charge in [-0.2, -0.15) is 0 Å². The van der Waals surface area contributed by atoms with Crippen LogP contribution < -0.4 is 26.9 Å². The summed E-state index contributed by atoms with van der Waals surface area (Å²) in [6, 6.07) is 3.41. The molecule has 1 heterocycles. The molecule has 43 heavy (non-hydrogen) atoms. The number of fused-ring (bicyclic) bond motifs is 1. The number of benzene rings is 1. The van der Waals surface area contributed by atoms with E-state index >= 15 is 0 Å². The zero-order valence-electron chi connectivity index (χ0n) is 25.9. The number of hydrogen-bond donors (Lipinski definition) is 5. The van der Waals surface area contributed by atoms with Crippen molar-refractivity contribution in [3.8, 4) is 0 Å². The Morgan fingerprint density at radius 2 is 1.37 bits per heavy atom. The van der Waals surface area contributed by atoms with Crippen LogP contribution >= 0.6 is 0 Å². The first-order valence-electron chi connectivity index (χ1n) is 14.5. The number of nitrogens with one attached hydrogen (secondary N) is 4. The molecule has 4 amide bonds. The van der Waals surface area contributed by atoms with E-state index in [1.807, 2.05) is 27.7 Å². The van der Waals surface area contributed by atoms with E-state index in [0.29, 0.717) is 11.3 Å². The first kappa shape index (κ1) is 35.0. The topological polar surface area (TPSA) is 184 Å². The standard InChI is InChI=1S/C31H44N4O8/c1-16(2)12-22(33-25(36)10-11-26(37)38)29(40)34-23(13-17(3)4)30(41)35-28(18(5)6)31(42)32-20-8-9-21-19(7)14-27(39)43-24(21)15-20/h8-9,14-18,22-23,28H,10-13H2,1-7H3,(H,32,42)(H,33,36)(H,34,40)(H,35,41)(H,37,38)/t22-,23-,28+/m0/s1. The summed E-state index contributed by atoms with van der Waals surface area (Å²) >= 11 is 0. The van der Waals surface area contributed by atoms with E-state index < -0.39 is 53.3 Å². The summed E-state index contributed by atoms with van der Waals surface area (Å²) in [5.41, 5.74) is 0.937. The molecule has 236 valence electrons. The lowest BCUT2D eigenvalue weighted by Crippen LogP contribution is -2.57. The van der Waals surface area contributed by atoms with Crippen LogP contribution in [0.15, 0.2) is 33.5 Å². The van der Waals surface area contributed by atoms with E-state index in [0.717, 1.165) is 10.9 Å². The van der Waals surface area contributed by atoms with Gasteiger partial charge in [0.2, 0.25) is 23.6 Å². The van der Waals surface area contributed by atoms with Crippen molar-refractivity contribution in [3.05, 3.63) is 40.2 Å². The minimum absolute atomic E-state index is 0.00629. The monoisotopic (exact) mass is 600 g/mol. The van der Waals surface area contributed by atoms with E-state index in [1.165, 1.54) is 6.07 Å². The van der Waals surface area contributed by atoms with E-state index in [4.69, 9.17) is 9.52 Å². The molecule has 0 spiro atoms. The van der Waals surface area contributed by atoms with Gasteiger partial charge in [0, 0.05) is 29.6 Å². The molecule has 0 aliphatic rings. The number of hydrogen-bond acceptors (Lipinski definition) is 7. The zero-order chi connectivity index (χ0) is 32.4. The Bertz CT molecular complexity index is 1380. The quantitative estimate of drug-likeness (QED) is 0.193. The molecule has 1 aromatic carbocycles. The molecule has 0 aliphatic heterocycles. The van der Waals surface area contributed by atoms with Gasteiger partial charge in [0.1, 0.15) is 23.7 Å². The second kappa shape index (κ2) is 15.9. The van der Waals surface area contributed by atoms with Crippen LogP contribution in [0.25, 0.3) is 11.0 Å². The largest absolute Gasteiger partial charge is 0.481 e. The molecule has 0 saturated carbocycles. The molecule has 1 aromatic heterocycles. The number of carbonyl (C=O) groups is 5. The van der Waals surface area contributed by atoms with Crippen LogP contribution in [0.4, 0.5) is 5.69 Å². The molecule has 0 unspecified atom stereocenters. The summed E-state index contributed by atoms with van der Waals surface area (Å²) in [6.07, 6.45) is -0.0923. The lowest BCUT2D eigenvalue weighted by molar-refractivity contribution is -0.139. The third-order valence-corrected chi connectivity index (χ3v) is 6.73. The molecular weight excluding hydrogens is 556 g/mol. The molecule has 12 nitrogen and oxygen atoms in total. The summed E-state index contributed by atoms with van der Waals surface area (Å²) < 4.78 is 5.26. The predicted octanol–water partition coefficient (Wildman–Crippen LogP) is 3.11. The molecule has 0 radical (unpaired) electrons. The Morgan fingerprint density at radius 3 is 1.93 bits per heavy atom. The van der Waals surface area contributed by atoms with Crippen LogP contribution in [0, 0.1) is 24.7 Å². The predicted molar refractivity (Wildman–Crippen MR) is 162 cm³/mol. The average molecular weight is 601 g/mol. The fourth-order valence-electron chi connectivity index (χ4n) is 4.58. The third kappa shape index (κ3) is 11.2. The van der Waals surface area contributed by atoms with Crippen molar-refractivity contribution in [1.82, 2.24) is 16.0 Å². The molecule has 0 bridgehead atoms. The molecule has 12 heteroatoms. The van der Waals surface area contributed by atoms with Gasteiger partial charge >= 0.3 is 11.6 Å². The van der Waals surface area contributed by atoms with E-state index in [2.05, 4.69) is 21.3 Å². The van der Waals surface area contributed by atoms with Crippen LogP contribution in [0.2, 0.25) is 0 Å². The van der Waals surface area contributed by atoms with Crippen molar-refractivity contribution in [1.29, 1.82) is 0 Å². The highest BCUT2D eigenvalue weighted by molar-refractivity contribution is 6.00. The van der Waals surface area contributed by atoms with Gasteiger partial charge in [-0.25, -0.2) is 4.79 Å². The summed E-state index contributed by atoms with van der Waals surface area (Å²) in [7, 11) is 0. The SMILES string of the molecule is Cc1cc(=O)oc2cc(NC(=O)[C@H](NC(=O)[C@H](CC(C)C)NC(=O)[C@H](CC(C)C)NC(=O)CCC(=O)O)C(C)C)ccc12. The third-order valence-electron chi connectivity index (χ3n) is 6.73. The van der Waals surface area contributed by atoms with Crippen LogP contribution in [-0.2, 0) is 24.0 Å². The fourth-order valence-corrected chi connectivity index (χ4v) is 4.58. The minimum atomic E-state index is -1.13. The number of carboxylic acid groups (broad SMARTS) is 1. The van der Waals surface area contributed by atoms with Gasteiger partial charge in [0.25, 0.3) is 0 Å². The highest BCUT2D eigenvalue weighted by Gasteiger charge is 2.31. The average Bonchev–Trinajstić information content (AvgIpc) is 2.88. The second-order valence-corrected chi connectivity index (χ2v) is 12.0. The number of anilines is 1. The normalized spacial score (nSPS) is 13.4. The molecule has 0 saturated heterocycles. The number of amides is 4. The molecule has 0 aliphatic carbocycles. The first-order valence-corrected chi connectivity index (χ1v) is 14.5. The number of carboxylic acids is 1. The Morgan fingerprint density at radius 1 is 0.791 bits per heavy atom. The number of rotatable bonds is 15. The summed E-state index contributed by atoms with van der Waals surface area (Å²) in [4.78, 5) is 75.0. The van der Waals surface area contributed by atoms with Gasteiger partial charge in [-0.15, -0.1) is 0 Å². The second-order valence-electron chi connectivity index (χ2n) is 12.0. The van der Waals surface area contributed by atoms with Crippen molar-refractivity contribution < 1.29 is 33.5 Å². The van der Waals surface area contributed by atoms with Gasteiger partial charge in [-0.1, -0.05) is 41.5 Å². The van der Waals surface area contributed by atoms with E-state index in [-0.39, 0.29) is 43.4 Å². The molecule has 5 N–H and O–H groups in total. The van der Waals surface area contributed by atoms with Gasteiger partial charge in [0.05, 0.1) is 6.42 Å². The zero-order valence-corrected chi connectivity index (χ0v) is 25.9. The van der Waals surface area contributed by atoms with Crippen LogP contribution in [0.1, 0.15) is 72.8 Å².